The molecule has 1 aliphatic rings. The van der Waals surface area contributed by atoms with E-state index in [1.807, 2.05) is 74.5 Å². The van der Waals surface area contributed by atoms with Crippen molar-refractivity contribution >= 4 is 77.6 Å². The Labute approximate surface area is 364 Å². The fourth-order valence-corrected chi connectivity index (χ4v) is 6.95. The van der Waals surface area contributed by atoms with Crippen molar-refractivity contribution in [2.75, 3.05) is 32.7 Å². The van der Waals surface area contributed by atoms with E-state index in [9.17, 15) is 24.0 Å². The van der Waals surface area contributed by atoms with Crippen LogP contribution in [0.1, 0.15) is 56.2 Å². The normalized spacial score (nSPS) is 14.5. The van der Waals surface area contributed by atoms with Gasteiger partial charge in [0.05, 0.1) is 22.5 Å². The summed E-state index contributed by atoms with van der Waals surface area (Å²) in [5.74, 6) is -1.87. The number of amides is 5. The van der Waals surface area contributed by atoms with Crippen LogP contribution in [-0.4, -0.2) is 96.2 Å². The van der Waals surface area contributed by atoms with Crippen LogP contribution < -0.4 is 27.4 Å². The number of nitrogens with one attached hydrogen (secondary N) is 3. The van der Waals surface area contributed by atoms with E-state index >= 15 is 0 Å². The first-order valence-electron chi connectivity index (χ1n) is 19.3. The maximum atomic E-state index is 14.0. The summed E-state index contributed by atoms with van der Waals surface area (Å²) in [6.07, 6.45) is 2.53. The summed E-state index contributed by atoms with van der Waals surface area (Å²) >= 11 is 12.2. The lowest BCUT2D eigenvalue weighted by molar-refractivity contribution is -0.142. The molecule has 0 radical (unpaired) electrons. The Balaban J connectivity index is 0.00000580. The monoisotopic (exact) mass is 879 g/mol. The third-order valence-corrected chi connectivity index (χ3v) is 10.5. The van der Waals surface area contributed by atoms with Crippen molar-refractivity contribution in [2.24, 2.45) is 17.4 Å². The van der Waals surface area contributed by atoms with Crippen molar-refractivity contribution in [2.45, 2.75) is 83.0 Å². The molecule has 5 amide bonds. The van der Waals surface area contributed by atoms with E-state index in [-0.39, 0.29) is 61.8 Å². The van der Waals surface area contributed by atoms with E-state index in [2.05, 4.69) is 16.0 Å². The van der Waals surface area contributed by atoms with E-state index in [1.165, 1.54) is 0 Å². The molecule has 16 heteroatoms. The number of hydrogen-bond acceptors (Lipinski definition) is 7. The minimum absolute atomic E-state index is 0. The van der Waals surface area contributed by atoms with Crippen LogP contribution in [0, 0.1) is 5.92 Å². The minimum Gasteiger partial charge on any atom is -0.343 e. The predicted octanol–water partition coefficient (Wildman–Crippen LogP) is 4.49. The first kappa shape index (κ1) is 50.2. The zero-order chi connectivity index (χ0) is 40.6. The van der Waals surface area contributed by atoms with Crippen molar-refractivity contribution in [1.29, 1.82) is 0 Å². The summed E-state index contributed by atoms with van der Waals surface area (Å²) in [7, 11) is 0. The van der Waals surface area contributed by atoms with Gasteiger partial charge in [-0.15, -0.1) is 24.8 Å². The lowest BCUT2D eigenvalue weighted by atomic mass is 9.99. The highest BCUT2D eigenvalue weighted by atomic mass is 35.5. The number of halogens is 4. The van der Waals surface area contributed by atoms with Gasteiger partial charge in [-0.25, -0.2) is 0 Å². The molecule has 58 heavy (non-hydrogen) atoms. The van der Waals surface area contributed by atoms with E-state index in [4.69, 9.17) is 34.7 Å². The second-order valence-corrected chi connectivity index (χ2v) is 15.5. The van der Waals surface area contributed by atoms with Crippen molar-refractivity contribution in [3.63, 3.8) is 0 Å². The maximum Gasteiger partial charge on any atom is 0.245 e. The van der Waals surface area contributed by atoms with E-state index < -0.39 is 41.9 Å². The lowest BCUT2D eigenvalue weighted by Gasteiger charge is -2.37. The molecule has 0 saturated carbocycles. The van der Waals surface area contributed by atoms with Crippen LogP contribution in [0.5, 0.6) is 0 Å². The molecule has 3 aromatic rings. The molecule has 1 fully saturated rings. The first-order chi connectivity index (χ1) is 26.8. The van der Waals surface area contributed by atoms with Gasteiger partial charge in [-0.1, -0.05) is 104 Å². The number of nitrogens with zero attached hydrogens (tertiary/aromatic N) is 2. The van der Waals surface area contributed by atoms with Crippen molar-refractivity contribution in [3.05, 3.63) is 106 Å². The summed E-state index contributed by atoms with van der Waals surface area (Å²) in [5.41, 5.74) is 14.5. The molecule has 1 aliphatic heterocycles. The molecule has 0 unspecified atom stereocenters. The van der Waals surface area contributed by atoms with Crippen molar-refractivity contribution in [1.82, 2.24) is 25.8 Å². The standard InChI is InChI=1S/C42H55Cl2N7O5.2ClH/c1-28(2)23-36(49-41(55)37(26-30-13-7-4-8-14-30)48-39(53)34(46)25-29-11-5-3-6-12-29)40(54)47-35(15-9-10-18-45)42(56)51-21-19-50(20-22-51)38(52)27-31-16-17-32(43)33(44)24-31;;/h3-8,11-14,16-17,24,28,34-37H,9-10,15,18-23,25-27,45-46H2,1-2H3,(H,47,54)(H,48,53)(H,49,55);2*1H/t34-,35-,36-,37-;;/m1../s1. The zero-order valence-electron chi connectivity index (χ0n) is 33.0. The highest BCUT2D eigenvalue weighted by Gasteiger charge is 2.34. The molecule has 12 nitrogen and oxygen atoms in total. The predicted molar refractivity (Wildman–Crippen MR) is 234 cm³/mol. The molecule has 318 valence electrons. The van der Waals surface area contributed by atoms with Gasteiger partial charge in [0.15, 0.2) is 0 Å². The minimum atomic E-state index is -1.02. The lowest BCUT2D eigenvalue weighted by Crippen LogP contribution is -2.60. The van der Waals surface area contributed by atoms with Gasteiger partial charge < -0.3 is 37.2 Å². The Morgan fingerprint density at radius 3 is 1.76 bits per heavy atom. The van der Waals surface area contributed by atoms with Gasteiger partial charge in [0.2, 0.25) is 29.5 Å². The summed E-state index contributed by atoms with van der Waals surface area (Å²) in [4.78, 5) is 71.8. The van der Waals surface area contributed by atoms with Crippen molar-refractivity contribution in [3.8, 4) is 0 Å². The molecular weight excluding hydrogens is 824 g/mol. The Bertz CT molecular complexity index is 1770. The number of carbonyl (C=O) groups is 5. The maximum absolute atomic E-state index is 14.0. The van der Waals surface area contributed by atoms with E-state index in [1.54, 1.807) is 28.0 Å². The largest absolute Gasteiger partial charge is 0.343 e. The van der Waals surface area contributed by atoms with Gasteiger partial charge in [0.25, 0.3) is 0 Å². The molecule has 0 spiro atoms. The third kappa shape index (κ3) is 16.0. The number of piperazine rings is 1. The number of rotatable bonds is 19. The van der Waals surface area contributed by atoms with Gasteiger partial charge in [-0.2, -0.15) is 0 Å². The fraction of sp³-hybridized carbons (Fsp3) is 0.452. The SMILES string of the molecule is CC(C)C[C@@H](NC(=O)[C@@H](Cc1ccccc1)NC(=O)[C@H](N)Cc1ccccc1)C(=O)N[C@H](CCCCN)C(=O)N1CCN(C(=O)Cc2ccc(Cl)c(Cl)c2)CC1.Cl.Cl. The molecule has 7 N–H and O–H groups in total. The summed E-state index contributed by atoms with van der Waals surface area (Å²) in [5, 5.41) is 9.45. The molecule has 0 aliphatic carbocycles. The average Bonchev–Trinajstić information content (AvgIpc) is 3.18. The molecule has 0 aromatic heterocycles. The third-order valence-electron chi connectivity index (χ3n) is 9.74. The quantitative estimate of drug-likeness (QED) is 0.110. The second-order valence-electron chi connectivity index (χ2n) is 14.7. The van der Waals surface area contributed by atoms with Crippen LogP contribution >= 0.6 is 48.0 Å². The van der Waals surface area contributed by atoms with Gasteiger partial charge in [0.1, 0.15) is 18.1 Å². The summed E-state index contributed by atoms with van der Waals surface area (Å²) in [6.45, 7) is 5.58. The fourth-order valence-electron chi connectivity index (χ4n) is 6.63. The van der Waals surface area contributed by atoms with Crippen LogP contribution in [0.15, 0.2) is 78.9 Å². The number of benzene rings is 3. The second kappa shape index (κ2) is 25.5. The number of hydrogen-bond donors (Lipinski definition) is 5. The van der Waals surface area contributed by atoms with Gasteiger partial charge >= 0.3 is 0 Å². The van der Waals surface area contributed by atoms with Crippen LogP contribution in [-0.2, 0) is 43.2 Å². The first-order valence-corrected chi connectivity index (χ1v) is 20.0. The van der Waals surface area contributed by atoms with E-state index in [0.29, 0.717) is 68.5 Å². The number of unbranched alkanes of at least 4 members (excludes halogenated alkanes) is 1. The molecule has 1 heterocycles. The Hall–Kier alpha value is -3.91. The summed E-state index contributed by atoms with van der Waals surface area (Å²) < 4.78 is 0. The molecule has 0 bridgehead atoms. The van der Waals surface area contributed by atoms with Crippen molar-refractivity contribution < 1.29 is 24.0 Å². The Morgan fingerprint density at radius 1 is 0.655 bits per heavy atom. The van der Waals surface area contributed by atoms with E-state index in [0.717, 1.165) is 16.7 Å². The van der Waals surface area contributed by atoms with Crippen LogP contribution in [0.4, 0.5) is 0 Å². The molecule has 3 aromatic carbocycles. The molecule has 4 rings (SSSR count). The molecule has 1 saturated heterocycles. The van der Waals surface area contributed by atoms with Crippen LogP contribution in [0.2, 0.25) is 10.0 Å². The number of nitrogens with two attached hydrogens (primary N) is 2. The Morgan fingerprint density at radius 2 is 1.19 bits per heavy atom. The van der Waals surface area contributed by atoms with Gasteiger partial charge in [-0.3, -0.25) is 24.0 Å². The molecular formula is C42H57Cl4N7O5. The Kier molecular flexibility index (Phi) is 22.1. The average molecular weight is 882 g/mol. The van der Waals surface area contributed by atoms with Crippen LogP contribution in [0.25, 0.3) is 0 Å². The molecule has 4 atom stereocenters. The zero-order valence-corrected chi connectivity index (χ0v) is 36.2. The highest BCUT2D eigenvalue weighted by Crippen LogP contribution is 2.23. The smallest absolute Gasteiger partial charge is 0.245 e. The summed E-state index contributed by atoms with van der Waals surface area (Å²) in [6, 6.07) is 20.0. The highest BCUT2D eigenvalue weighted by molar-refractivity contribution is 6.42. The van der Waals surface area contributed by atoms with Gasteiger partial charge in [-0.05, 0) is 73.4 Å². The van der Waals surface area contributed by atoms with Gasteiger partial charge in [0, 0.05) is 32.6 Å². The van der Waals surface area contributed by atoms with Crippen LogP contribution in [0.3, 0.4) is 0 Å². The topological polar surface area (TPSA) is 180 Å². The number of carbonyl (C=O) groups excluding carboxylic acids is 5.